The summed E-state index contributed by atoms with van der Waals surface area (Å²) in [5, 5.41) is 15.8. The van der Waals surface area contributed by atoms with Crippen LogP contribution in [0.4, 0.5) is 4.39 Å². The highest BCUT2D eigenvalue weighted by molar-refractivity contribution is 6.04. The van der Waals surface area contributed by atoms with E-state index in [0.29, 0.717) is 5.56 Å². The molecule has 3 N–H and O–H groups in total. The zero-order chi connectivity index (χ0) is 24.8. The third-order valence-electron chi connectivity index (χ3n) is 5.15. The summed E-state index contributed by atoms with van der Waals surface area (Å²) in [6.07, 6.45) is 2.85. The fraction of sp³-hybridized carbons (Fsp3) is 0.250. The van der Waals surface area contributed by atoms with E-state index in [1.54, 1.807) is 32.9 Å². The Morgan fingerprint density at radius 3 is 2.47 bits per heavy atom. The van der Waals surface area contributed by atoms with Crippen molar-refractivity contribution in [3.05, 3.63) is 69.1 Å². The number of pyridine rings is 2. The molecule has 0 bridgehead atoms. The van der Waals surface area contributed by atoms with E-state index in [1.165, 1.54) is 31.6 Å². The molecule has 3 aromatic rings. The Bertz CT molecular complexity index is 1420. The minimum absolute atomic E-state index is 0.0393. The number of aromatic nitrogens is 2. The molecule has 0 spiro atoms. The molecular formula is C24H23FN4O5. The Balaban J connectivity index is 1.96. The number of halogens is 1. The first kappa shape index (κ1) is 23.0. The maximum atomic E-state index is 13.4. The van der Waals surface area contributed by atoms with Crippen molar-refractivity contribution in [1.29, 1.82) is 0 Å². The van der Waals surface area contributed by atoms with Crippen LogP contribution in [0.15, 0.2) is 41.0 Å². The molecule has 0 atom stereocenters. The number of benzene rings is 1. The molecule has 0 fully saturated rings. The van der Waals surface area contributed by atoms with E-state index in [1.807, 2.05) is 0 Å². The molecule has 0 aliphatic carbocycles. The average Bonchev–Trinajstić information content (AvgIpc) is 2.78. The van der Waals surface area contributed by atoms with E-state index in [0.717, 1.165) is 10.1 Å². The summed E-state index contributed by atoms with van der Waals surface area (Å²) >= 11 is 0. The van der Waals surface area contributed by atoms with Gasteiger partial charge in [0.15, 0.2) is 11.5 Å². The lowest BCUT2D eigenvalue weighted by molar-refractivity contribution is -0.120. The normalized spacial score (nSPS) is 12.7. The topological polar surface area (TPSA) is 123 Å². The van der Waals surface area contributed by atoms with Crippen LogP contribution in [0.1, 0.15) is 42.3 Å². The zero-order valence-corrected chi connectivity index (χ0v) is 19.0. The number of ether oxygens (including phenoxy) is 1. The second-order valence-corrected chi connectivity index (χ2v) is 8.89. The van der Waals surface area contributed by atoms with E-state index in [9.17, 15) is 23.9 Å². The number of nitrogens with one attached hydrogen (secondary N) is 2. The first-order valence-electron chi connectivity index (χ1n) is 10.5. The molecule has 0 radical (unpaired) electrons. The Hall–Kier alpha value is -4.21. The Kier molecular flexibility index (Phi) is 5.60. The van der Waals surface area contributed by atoms with Crippen LogP contribution in [-0.4, -0.2) is 39.1 Å². The number of rotatable bonds is 4. The van der Waals surface area contributed by atoms with Crippen LogP contribution in [0.3, 0.4) is 0 Å². The number of nitrogens with zero attached hydrogens (tertiary/aromatic N) is 2. The predicted molar refractivity (Wildman–Crippen MR) is 123 cm³/mol. The van der Waals surface area contributed by atoms with Gasteiger partial charge >= 0.3 is 0 Å². The number of carbonyl (C=O) groups excluding carboxylic acids is 2. The van der Waals surface area contributed by atoms with Crippen molar-refractivity contribution in [1.82, 2.24) is 20.2 Å². The summed E-state index contributed by atoms with van der Waals surface area (Å²) in [7, 11) is 1.33. The molecule has 176 valence electrons. The molecule has 0 saturated carbocycles. The van der Waals surface area contributed by atoms with E-state index in [2.05, 4.69) is 15.6 Å². The molecule has 4 rings (SSSR count). The molecule has 9 nitrogen and oxygen atoms in total. The van der Waals surface area contributed by atoms with E-state index < -0.39 is 34.2 Å². The summed E-state index contributed by atoms with van der Waals surface area (Å²) in [6, 6.07) is 5.82. The maximum absolute atomic E-state index is 13.4. The minimum Gasteiger partial charge on any atom is -0.505 e. The first-order chi connectivity index (χ1) is 16.0. The third-order valence-corrected chi connectivity index (χ3v) is 5.15. The Labute approximate surface area is 193 Å². The van der Waals surface area contributed by atoms with Crippen molar-refractivity contribution in [3.8, 4) is 11.5 Å². The van der Waals surface area contributed by atoms with E-state index in [4.69, 9.17) is 4.74 Å². The van der Waals surface area contributed by atoms with Gasteiger partial charge in [-0.15, -0.1) is 0 Å². The molecule has 2 amide bonds. The second-order valence-electron chi connectivity index (χ2n) is 8.89. The second kappa shape index (κ2) is 8.29. The van der Waals surface area contributed by atoms with Crippen LogP contribution in [0.5, 0.6) is 11.5 Å². The summed E-state index contributed by atoms with van der Waals surface area (Å²) in [4.78, 5) is 42.7. The van der Waals surface area contributed by atoms with Crippen LogP contribution in [-0.2, 0) is 11.2 Å². The number of hydrogen-bond donors (Lipinski definition) is 3. The van der Waals surface area contributed by atoms with Crippen LogP contribution in [0.2, 0.25) is 0 Å². The molecule has 3 heterocycles. The van der Waals surface area contributed by atoms with Crippen molar-refractivity contribution in [3.63, 3.8) is 0 Å². The first-order valence-corrected chi connectivity index (χ1v) is 10.5. The molecule has 10 heteroatoms. The lowest BCUT2D eigenvalue weighted by Crippen LogP contribution is -2.43. The zero-order valence-electron chi connectivity index (χ0n) is 19.0. The Morgan fingerprint density at radius 2 is 1.85 bits per heavy atom. The maximum Gasteiger partial charge on any atom is 0.288 e. The average molecular weight is 466 g/mol. The molecule has 34 heavy (non-hydrogen) atoms. The van der Waals surface area contributed by atoms with Crippen LogP contribution < -0.4 is 20.9 Å². The monoisotopic (exact) mass is 466 g/mol. The smallest absolute Gasteiger partial charge is 0.288 e. The number of aromatic hydroxyl groups is 1. The van der Waals surface area contributed by atoms with E-state index in [-0.39, 0.29) is 34.8 Å². The highest BCUT2D eigenvalue weighted by Crippen LogP contribution is 2.38. The quantitative estimate of drug-likeness (QED) is 0.542. The van der Waals surface area contributed by atoms with Crippen LogP contribution in [0.25, 0.3) is 17.2 Å². The number of hydrogen-bond acceptors (Lipinski definition) is 6. The van der Waals surface area contributed by atoms with Crippen molar-refractivity contribution in [2.75, 3.05) is 7.05 Å². The van der Waals surface area contributed by atoms with Gasteiger partial charge in [-0.05, 0) is 38.5 Å². The van der Waals surface area contributed by atoms with Crippen molar-refractivity contribution < 1.29 is 23.8 Å². The van der Waals surface area contributed by atoms with Gasteiger partial charge in [0.2, 0.25) is 5.76 Å². The van der Waals surface area contributed by atoms with Gasteiger partial charge in [0.05, 0.1) is 6.20 Å². The molecule has 1 aromatic carbocycles. The number of carbonyl (C=O) groups is 2. The Morgan fingerprint density at radius 1 is 1.18 bits per heavy atom. The van der Waals surface area contributed by atoms with E-state index >= 15 is 0 Å². The van der Waals surface area contributed by atoms with Gasteiger partial charge in [-0.2, -0.15) is 0 Å². The highest BCUT2D eigenvalue weighted by Gasteiger charge is 2.31. The molecule has 1 aliphatic rings. The lowest BCUT2D eigenvalue weighted by Gasteiger charge is -2.25. The van der Waals surface area contributed by atoms with Gasteiger partial charge in [-0.1, -0.05) is 12.1 Å². The standard InChI is InChI=1S/C24H23FN4O5/c1-24(2,3)28-21(31)15-11-29-18-17(19(30)16(23(29)33)22(32)26-4)27-10-13(20(18)34-15)9-12-5-7-14(25)8-6-12/h5-8,10-11,30H,9H2,1-4H3,(H,26,32)(H,28,31). The molecule has 2 aromatic heterocycles. The van der Waals surface area contributed by atoms with Crippen molar-refractivity contribution >= 4 is 29.0 Å². The fourth-order valence-electron chi connectivity index (χ4n) is 3.64. The number of amides is 2. The predicted octanol–water partition coefficient (Wildman–Crippen LogP) is 2.30. The van der Waals surface area contributed by atoms with Gasteiger partial charge in [-0.25, -0.2) is 4.39 Å². The van der Waals surface area contributed by atoms with Crippen LogP contribution >= 0.6 is 0 Å². The molecule has 0 unspecified atom stereocenters. The van der Waals surface area contributed by atoms with Gasteiger partial charge in [0.25, 0.3) is 17.4 Å². The van der Waals surface area contributed by atoms with Gasteiger partial charge in [-0.3, -0.25) is 23.9 Å². The summed E-state index contributed by atoms with van der Waals surface area (Å²) in [6.45, 7) is 5.38. The van der Waals surface area contributed by atoms with Gasteiger partial charge < -0.3 is 20.5 Å². The van der Waals surface area contributed by atoms with Crippen LogP contribution in [0, 0.1) is 5.82 Å². The lowest BCUT2D eigenvalue weighted by atomic mass is 10.0. The summed E-state index contributed by atoms with van der Waals surface area (Å²) < 4.78 is 20.4. The summed E-state index contributed by atoms with van der Waals surface area (Å²) in [5.74, 6) is -2.39. The van der Waals surface area contributed by atoms with Crippen molar-refractivity contribution in [2.45, 2.75) is 32.7 Å². The summed E-state index contributed by atoms with van der Waals surface area (Å²) in [5.41, 5.74) is -0.626. The third kappa shape index (κ3) is 4.09. The highest BCUT2D eigenvalue weighted by atomic mass is 19.1. The fourth-order valence-corrected chi connectivity index (χ4v) is 3.64. The van der Waals surface area contributed by atoms with Crippen molar-refractivity contribution in [2.24, 2.45) is 0 Å². The molecular weight excluding hydrogens is 443 g/mol. The van der Waals surface area contributed by atoms with Gasteiger partial charge in [0, 0.05) is 30.8 Å². The molecule has 0 saturated heterocycles. The van der Waals surface area contributed by atoms with Gasteiger partial charge in [0.1, 0.15) is 22.4 Å². The minimum atomic E-state index is -0.837. The molecule has 1 aliphatic heterocycles. The SMILES string of the molecule is CNC(=O)c1c(O)c2ncc(Cc3ccc(F)cc3)c3c2n(c1=O)C=C(C(=O)NC(C)(C)C)O3. The largest absolute Gasteiger partial charge is 0.505 e.